The number of aromatic hydroxyl groups is 1. The first-order valence-corrected chi connectivity index (χ1v) is 7.60. The van der Waals surface area contributed by atoms with Crippen molar-refractivity contribution in [1.29, 1.82) is 5.26 Å². The van der Waals surface area contributed by atoms with Crippen molar-refractivity contribution < 1.29 is 19.0 Å². The molecule has 130 valence electrons. The van der Waals surface area contributed by atoms with Crippen LogP contribution in [-0.4, -0.2) is 22.1 Å². The predicted molar refractivity (Wildman–Crippen MR) is 90.7 cm³/mol. The molecule has 0 radical (unpaired) electrons. The van der Waals surface area contributed by atoms with Crippen molar-refractivity contribution in [3.63, 3.8) is 0 Å². The van der Waals surface area contributed by atoms with E-state index in [1.807, 2.05) is 6.07 Å². The summed E-state index contributed by atoms with van der Waals surface area (Å²) in [5.74, 6) is -1.04. The van der Waals surface area contributed by atoms with E-state index < -0.39 is 17.8 Å². The van der Waals surface area contributed by atoms with Crippen LogP contribution >= 0.6 is 0 Å². The first kappa shape index (κ1) is 17.1. The minimum Gasteiger partial charge on any atom is -0.493 e. The number of nitrogens with one attached hydrogen (secondary N) is 1. The van der Waals surface area contributed by atoms with Crippen molar-refractivity contribution in [3.8, 4) is 17.7 Å². The van der Waals surface area contributed by atoms with E-state index in [-0.39, 0.29) is 11.6 Å². The summed E-state index contributed by atoms with van der Waals surface area (Å²) in [4.78, 5) is 14.6. The van der Waals surface area contributed by atoms with Gasteiger partial charge in [0.15, 0.2) is 11.8 Å². The molecule has 26 heavy (non-hydrogen) atoms. The fourth-order valence-electron chi connectivity index (χ4n) is 2.29. The summed E-state index contributed by atoms with van der Waals surface area (Å²) in [6, 6.07) is 12.1. The molecule has 1 aromatic heterocycles. The minimum atomic E-state index is -0.920. The van der Waals surface area contributed by atoms with E-state index in [4.69, 9.17) is 10.00 Å². The van der Waals surface area contributed by atoms with Gasteiger partial charge in [0.25, 0.3) is 0 Å². The molecule has 0 saturated carbocycles. The molecule has 0 aliphatic heterocycles. The highest BCUT2D eigenvalue weighted by Gasteiger charge is 2.16. The highest BCUT2D eigenvalue weighted by Crippen LogP contribution is 2.35. The number of H-pyrrole nitrogens is 1. The number of hydrogen-bond donors (Lipinski definition) is 2. The smallest absolute Gasteiger partial charge is 0.304 e. The molecule has 2 aromatic carbocycles. The van der Waals surface area contributed by atoms with Gasteiger partial charge in [-0.25, -0.2) is 4.39 Å². The first-order chi connectivity index (χ1) is 12.5. The second-order valence-electron chi connectivity index (χ2n) is 5.45. The van der Waals surface area contributed by atoms with E-state index in [2.05, 4.69) is 15.2 Å². The zero-order valence-electron chi connectivity index (χ0n) is 13.6. The summed E-state index contributed by atoms with van der Waals surface area (Å²) in [5.41, 5.74) is 0.854. The van der Waals surface area contributed by atoms with Crippen molar-refractivity contribution in [3.05, 3.63) is 53.8 Å². The van der Waals surface area contributed by atoms with Gasteiger partial charge in [-0.2, -0.15) is 5.26 Å². The molecule has 1 heterocycles. The Morgan fingerprint density at radius 1 is 1.31 bits per heavy atom. The molecular formula is C18H13FN4O3. The summed E-state index contributed by atoms with van der Waals surface area (Å²) in [7, 11) is 0. The number of ether oxygens (including phenoxy) is 1. The van der Waals surface area contributed by atoms with Gasteiger partial charge in [-0.15, -0.1) is 10.2 Å². The van der Waals surface area contributed by atoms with Crippen LogP contribution in [0.25, 0.3) is 10.9 Å². The summed E-state index contributed by atoms with van der Waals surface area (Å²) >= 11 is 0. The van der Waals surface area contributed by atoms with Gasteiger partial charge in [-0.1, -0.05) is 0 Å². The molecule has 0 aliphatic carbocycles. The molecule has 1 atom stereocenters. The van der Waals surface area contributed by atoms with Crippen molar-refractivity contribution in [2.75, 3.05) is 0 Å². The van der Waals surface area contributed by atoms with Crippen LogP contribution in [0.4, 0.5) is 10.1 Å². The fourth-order valence-corrected chi connectivity index (χ4v) is 2.29. The van der Waals surface area contributed by atoms with E-state index in [0.717, 1.165) is 0 Å². The number of amides is 1. The molecule has 3 aromatic rings. The van der Waals surface area contributed by atoms with Gasteiger partial charge in [0, 0.05) is 5.39 Å². The number of nitriles is 1. The number of halogens is 1. The predicted octanol–water partition coefficient (Wildman–Crippen LogP) is 3.96. The number of fused-ring (bicyclic) bond motifs is 1. The summed E-state index contributed by atoms with van der Waals surface area (Å²) < 4.78 is 18.7. The van der Waals surface area contributed by atoms with Crippen LogP contribution in [0.5, 0.6) is 11.6 Å². The number of carbonyl (C=O) groups excluding carboxylic acids is 1. The number of azo groups is 1. The maximum Gasteiger partial charge on any atom is 0.304 e. The van der Waals surface area contributed by atoms with Gasteiger partial charge in [0.2, 0.25) is 5.88 Å². The zero-order valence-corrected chi connectivity index (χ0v) is 13.6. The molecule has 7 nitrogen and oxygen atoms in total. The average Bonchev–Trinajstić information content (AvgIpc) is 2.94. The van der Waals surface area contributed by atoms with Gasteiger partial charge < -0.3 is 14.8 Å². The Balaban J connectivity index is 1.74. The number of carbonyl (C=O) groups is 1. The average molecular weight is 352 g/mol. The topological polar surface area (TPSA) is 111 Å². The zero-order chi connectivity index (χ0) is 18.7. The largest absolute Gasteiger partial charge is 0.493 e. The molecular weight excluding hydrogens is 339 g/mol. The van der Waals surface area contributed by atoms with Crippen molar-refractivity contribution >= 4 is 22.5 Å². The molecule has 1 amide bonds. The van der Waals surface area contributed by atoms with E-state index in [0.29, 0.717) is 22.2 Å². The lowest BCUT2D eigenvalue weighted by Gasteiger charge is -2.10. The van der Waals surface area contributed by atoms with Crippen LogP contribution in [0.15, 0.2) is 52.7 Å². The summed E-state index contributed by atoms with van der Waals surface area (Å²) in [6.45, 7) is 1.50. The Morgan fingerprint density at radius 2 is 2.04 bits per heavy atom. The second kappa shape index (κ2) is 7.03. The molecule has 3 rings (SSSR count). The number of hydrogen-bond acceptors (Lipinski definition) is 5. The third-order valence-electron chi connectivity index (χ3n) is 3.61. The monoisotopic (exact) mass is 352 g/mol. The van der Waals surface area contributed by atoms with Gasteiger partial charge in [0.1, 0.15) is 11.6 Å². The maximum absolute atomic E-state index is 13.2. The quantitative estimate of drug-likeness (QED) is 0.692. The second-order valence-corrected chi connectivity index (χ2v) is 5.45. The Bertz CT molecular complexity index is 1040. The van der Waals surface area contributed by atoms with Gasteiger partial charge in [-0.05, 0) is 49.4 Å². The van der Waals surface area contributed by atoms with Crippen LogP contribution in [0.3, 0.4) is 0 Å². The lowest BCUT2D eigenvalue weighted by molar-refractivity contribution is -0.124. The molecule has 0 aliphatic rings. The van der Waals surface area contributed by atoms with E-state index in [1.54, 1.807) is 24.3 Å². The highest BCUT2D eigenvalue weighted by atomic mass is 19.1. The first-order valence-electron chi connectivity index (χ1n) is 7.60. The number of aromatic amines is 1. The van der Waals surface area contributed by atoms with Crippen LogP contribution in [0.1, 0.15) is 12.5 Å². The molecule has 0 unspecified atom stereocenters. The van der Waals surface area contributed by atoms with Gasteiger partial charge >= 0.3 is 5.91 Å². The van der Waals surface area contributed by atoms with E-state index >= 15 is 0 Å². The minimum absolute atomic E-state index is 0.0407. The summed E-state index contributed by atoms with van der Waals surface area (Å²) in [5, 5.41) is 26.4. The third kappa shape index (κ3) is 3.52. The number of aromatic nitrogens is 1. The van der Waals surface area contributed by atoms with E-state index in [1.165, 1.54) is 25.1 Å². The van der Waals surface area contributed by atoms with Crippen molar-refractivity contribution in [2.45, 2.75) is 13.0 Å². The number of rotatable bonds is 4. The molecule has 0 bridgehead atoms. The van der Waals surface area contributed by atoms with Crippen LogP contribution in [0, 0.1) is 17.1 Å². The Hall–Kier alpha value is -3.73. The van der Waals surface area contributed by atoms with Crippen LogP contribution in [0.2, 0.25) is 0 Å². The summed E-state index contributed by atoms with van der Waals surface area (Å²) in [6.07, 6.45) is -0.920. The molecule has 0 fully saturated rings. The Labute approximate surface area is 147 Å². The molecule has 0 saturated heterocycles. The Kier molecular flexibility index (Phi) is 4.62. The fraction of sp³-hybridized carbons (Fsp3) is 0.111. The van der Waals surface area contributed by atoms with E-state index in [9.17, 15) is 14.3 Å². The van der Waals surface area contributed by atoms with Crippen molar-refractivity contribution in [1.82, 2.24) is 4.98 Å². The maximum atomic E-state index is 13.2. The van der Waals surface area contributed by atoms with Crippen LogP contribution < -0.4 is 4.74 Å². The SMILES string of the molecule is C[C@H](Oc1ccc(C#N)cc1)C(=O)N=Nc1c(O)[nH]c2cc(F)ccc12. The lowest BCUT2D eigenvalue weighted by Crippen LogP contribution is -2.21. The van der Waals surface area contributed by atoms with Gasteiger partial charge in [0.05, 0.1) is 17.1 Å². The number of nitrogens with zero attached hydrogens (tertiary/aromatic N) is 3. The standard InChI is InChI=1S/C18H13FN4O3/c1-10(26-13-5-2-11(9-20)3-6-13)17(24)23-22-16-14-7-4-12(19)8-15(14)21-18(16)25/h2-8,10,21,25H,1H3/t10-/m0/s1. The highest BCUT2D eigenvalue weighted by molar-refractivity contribution is 5.94. The molecule has 8 heteroatoms. The van der Waals surface area contributed by atoms with Gasteiger partial charge in [-0.3, -0.25) is 4.79 Å². The normalized spacial score (nSPS) is 12.2. The van der Waals surface area contributed by atoms with Crippen LogP contribution in [-0.2, 0) is 4.79 Å². The Morgan fingerprint density at radius 3 is 2.73 bits per heavy atom. The number of benzene rings is 2. The molecule has 2 N–H and O–H groups in total. The third-order valence-corrected chi connectivity index (χ3v) is 3.61. The lowest BCUT2D eigenvalue weighted by atomic mass is 10.2. The van der Waals surface area contributed by atoms with Crippen molar-refractivity contribution in [2.24, 2.45) is 10.2 Å². The molecule has 0 spiro atoms.